The van der Waals surface area contributed by atoms with Crippen molar-refractivity contribution in [1.82, 2.24) is 4.98 Å². The van der Waals surface area contributed by atoms with Gasteiger partial charge in [0.25, 0.3) is 0 Å². The summed E-state index contributed by atoms with van der Waals surface area (Å²) in [7, 11) is 0. The molecule has 1 saturated heterocycles. The first kappa shape index (κ1) is 12.4. The maximum Gasteiger partial charge on any atom is 0.136 e. The first-order valence-corrected chi connectivity index (χ1v) is 7.11. The predicted molar refractivity (Wildman–Crippen MR) is 80.2 cm³/mol. The number of anilines is 1. The van der Waals surface area contributed by atoms with E-state index in [4.69, 9.17) is 5.73 Å². The van der Waals surface area contributed by atoms with Gasteiger partial charge in [-0.25, -0.2) is 4.98 Å². The van der Waals surface area contributed by atoms with E-state index < -0.39 is 0 Å². The lowest BCUT2D eigenvalue weighted by Gasteiger charge is -2.32. The zero-order chi connectivity index (χ0) is 13.2. The van der Waals surface area contributed by atoms with Crippen LogP contribution in [0, 0.1) is 5.92 Å². The second kappa shape index (κ2) is 5.17. The van der Waals surface area contributed by atoms with Crippen molar-refractivity contribution in [3.8, 4) is 0 Å². The fraction of sp³-hybridized carbons (Fsp3) is 0.438. The molecule has 3 rings (SSSR count). The highest BCUT2D eigenvalue weighted by Gasteiger charge is 2.19. The fourth-order valence-corrected chi connectivity index (χ4v) is 2.87. The summed E-state index contributed by atoms with van der Waals surface area (Å²) in [4.78, 5) is 7.09. The molecule has 3 nitrogen and oxygen atoms in total. The van der Waals surface area contributed by atoms with Gasteiger partial charge in [0, 0.05) is 31.2 Å². The minimum Gasteiger partial charge on any atom is -0.356 e. The standard InChI is InChI=1S/C16H21N3/c1-12-6-8-19(9-7-12)16-15-5-3-2-4-14(15)13(10-17)11-18-16/h2-5,11-12H,6-10,17H2,1H3. The molecule has 2 aromatic rings. The van der Waals surface area contributed by atoms with Gasteiger partial charge in [-0.05, 0) is 29.7 Å². The van der Waals surface area contributed by atoms with Gasteiger partial charge in [-0.15, -0.1) is 0 Å². The number of fused-ring (bicyclic) bond motifs is 1. The molecule has 2 N–H and O–H groups in total. The van der Waals surface area contributed by atoms with Crippen molar-refractivity contribution in [2.45, 2.75) is 26.3 Å². The van der Waals surface area contributed by atoms with Crippen LogP contribution in [0.4, 0.5) is 5.82 Å². The lowest BCUT2D eigenvalue weighted by Crippen LogP contribution is -2.33. The van der Waals surface area contributed by atoms with Gasteiger partial charge in [-0.1, -0.05) is 31.2 Å². The van der Waals surface area contributed by atoms with E-state index in [1.165, 1.54) is 23.6 Å². The number of nitrogens with zero attached hydrogens (tertiary/aromatic N) is 2. The topological polar surface area (TPSA) is 42.2 Å². The molecule has 0 amide bonds. The van der Waals surface area contributed by atoms with Crippen molar-refractivity contribution < 1.29 is 0 Å². The molecule has 2 heterocycles. The number of piperidine rings is 1. The molecule has 1 fully saturated rings. The first-order chi connectivity index (χ1) is 9.29. The summed E-state index contributed by atoms with van der Waals surface area (Å²) in [5.74, 6) is 1.96. The summed E-state index contributed by atoms with van der Waals surface area (Å²) in [6.07, 6.45) is 4.46. The summed E-state index contributed by atoms with van der Waals surface area (Å²) < 4.78 is 0. The molecule has 1 aliphatic heterocycles. The van der Waals surface area contributed by atoms with Crippen LogP contribution in [0.1, 0.15) is 25.3 Å². The maximum absolute atomic E-state index is 5.81. The van der Waals surface area contributed by atoms with Gasteiger partial charge < -0.3 is 10.6 Å². The number of hydrogen-bond donors (Lipinski definition) is 1. The Morgan fingerprint density at radius 3 is 2.58 bits per heavy atom. The van der Waals surface area contributed by atoms with Crippen molar-refractivity contribution in [3.05, 3.63) is 36.0 Å². The molecule has 1 aliphatic rings. The van der Waals surface area contributed by atoms with Crippen LogP contribution in [0.2, 0.25) is 0 Å². The molecule has 100 valence electrons. The number of rotatable bonds is 2. The summed E-state index contributed by atoms with van der Waals surface area (Å²) in [6.45, 7) is 5.10. The van der Waals surface area contributed by atoms with E-state index in [0.717, 1.165) is 30.4 Å². The molecule has 0 radical (unpaired) electrons. The van der Waals surface area contributed by atoms with Gasteiger partial charge in [0.1, 0.15) is 5.82 Å². The number of pyridine rings is 1. The Labute approximate surface area is 114 Å². The molecule has 0 bridgehead atoms. The Hall–Kier alpha value is -1.61. The molecule has 0 saturated carbocycles. The third-order valence-corrected chi connectivity index (χ3v) is 4.16. The zero-order valence-corrected chi connectivity index (χ0v) is 11.5. The van der Waals surface area contributed by atoms with Crippen molar-refractivity contribution in [2.75, 3.05) is 18.0 Å². The van der Waals surface area contributed by atoms with Crippen LogP contribution in [0.25, 0.3) is 10.8 Å². The van der Waals surface area contributed by atoms with Crippen LogP contribution in [0.15, 0.2) is 30.5 Å². The van der Waals surface area contributed by atoms with Crippen LogP contribution in [-0.4, -0.2) is 18.1 Å². The van der Waals surface area contributed by atoms with Crippen molar-refractivity contribution >= 4 is 16.6 Å². The van der Waals surface area contributed by atoms with Gasteiger partial charge in [0.15, 0.2) is 0 Å². The van der Waals surface area contributed by atoms with Crippen LogP contribution >= 0.6 is 0 Å². The molecule has 0 spiro atoms. The van der Waals surface area contributed by atoms with E-state index in [2.05, 4.69) is 41.1 Å². The van der Waals surface area contributed by atoms with Crippen LogP contribution in [0.3, 0.4) is 0 Å². The largest absolute Gasteiger partial charge is 0.356 e. The maximum atomic E-state index is 5.81. The minimum absolute atomic E-state index is 0.546. The molecule has 1 aromatic carbocycles. The number of nitrogens with two attached hydrogens (primary N) is 1. The van der Waals surface area contributed by atoms with Gasteiger partial charge in [-0.3, -0.25) is 0 Å². The van der Waals surface area contributed by atoms with E-state index in [9.17, 15) is 0 Å². The quantitative estimate of drug-likeness (QED) is 0.897. The van der Waals surface area contributed by atoms with E-state index in [1.807, 2.05) is 6.20 Å². The molecule has 0 unspecified atom stereocenters. The Kier molecular flexibility index (Phi) is 3.38. The SMILES string of the molecule is CC1CCN(c2ncc(CN)c3ccccc23)CC1. The Morgan fingerprint density at radius 2 is 1.89 bits per heavy atom. The third-order valence-electron chi connectivity index (χ3n) is 4.16. The molecule has 0 atom stereocenters. The van der Waals surface area contributed by atoms with Crippen molar-refractivity contribution in [3.63, 3.8) is 0 Å². The Balaban J connectivity index is 2.04. The first-order valence-electron chi connectivity index (χ1n) is 7.11. The summed E-state index contributed by atoms with van der Waals surface area (Å²) in [5.41, 5.74) is 6.94. The summed E-state index contributed by atoms with van der Waals surface area (Å²) in [5, 5.41) is 2.48. The lowest BCUT2D eigenvalue weighted by atomic mass is 9.98. The average Bonchev–Trinajstić information content (AvgIpc) is 2.47. The highest BCUT2D eigenvalue weighted by molar-refractivity contribution is 5.94. The van der Waals surface area contributed by atoms with Crippen LogP contribution < -0.4 is 10.6 Å². The van der Waals surface area contributed by atoms with Gasteiger partial charge in [-0.2, -0.15) is 0 Å². The number of benzene rings is 1. The molecular formula is C16H21N3. The highest BCUT2D eigenvalue weighted by atomic mass is 15.2. The molecule has 19 heavy (non-hydrogen) atoms. The zero-order valence-electron chi connectivity index (χ0n) is 11.5. The van der Waals surface area contributed by atoms with Gasteiger partial charge in [0.05, 0.1) is 0 Å². The van der Waals surface area contributed by atoms with Gasteiger partial charge in [0.2, 0.25) is 0 Å². The van der Waals surface area contributed by atoms with Crippen molar-refractivity contribution in [2.24, 2.45) is 11.7 Å². The lowest BCUT2D eigenvalue weighted by molar-refractivity contribution is 0.437. The third kappa shape index (κ3) is 2.30. The molecular weight excluding hydrogens is 234 g/mol. The monoisotopic (exact) mass is 255 g/mol. The Bertz CT molecular complexity index is 571. The van der Waals surface area contributed by atoms with E-state index in [0.29, 0.717) is 6.54 Å². The van der Waals surface area contributed by atoms with Crippen LogP contribution in [-0.2, 0) is 6.54 Å². The predicted octanol–water partition coefficient (Wildman–Crippen LogP) is 2.93. The van der Waals surface area contributed by atoms with Crippen molar-refractivity contribution in [1.29, 1.82) is 0 Å². The summed E-state index contributed by atoms with van der Waals surface area (Å²) >= 11 is 0. The Morgan fingerprint density at radius 1 is 1.21 bits per heavy atom. The van der Waals surface area contributed by atoms with Gasteiger partial charge >= 0.3 is 0 Å². The minimum atomic E-state index is 0.546. The molecule has 0 aliphatic carbocycles. The van der Waals surface area contributed by atoms with E-state index in [1.54, 1.807) is 0 Å². The fourth-order valence-electron chi connectivity index (χ4n) is 2.87. The number of aromatic nitrogens is 1. The van der Waals surface area contributed by atoms with E-state index in [-0.39, 0.29) is 0 Å². The molecule has 3 heteroatoms. The summed E-state index contributed by atoms with van der Waals surface area (Å²) in [6, 6.07) is 8.47. The van der Waals surface area contributed by atoms with Crippen LogP contribution in [0.5, 0.6) is 0 Å². The average molecular weight is 255 g/mol. The second-order valence-electron chi connectivity index (χ2n) is 5.53. The molecule has 1 aromatic heterocycles. The second-order valence-corrected chi connectivity index (χ2v) is 5.53. The smallest absolute Gasteiger partial charge is 0.136 e. The highest BCUT2D eigenvalue weighted by Crippen LogP contribution is 2.29. The van der Waals surface area contributed by atoms with E-state index >= 15 is 0 Å². The normalized spacial score (nSPS) is 17.1. The number of hydrogen-bond acceptors (Lipinski definition) is 3.